The molecule has 0 atom stereocenters. The lowest BCUT2D eigenvalue weighted by Crippen LogP contribution is -2.21. The minimum Gasteiger partial charge on any atom is -0.452 e. The maximum absolute atomic E-state index is 12.2. The molecular weight excluding hydrogens is 420 g/mol. The monoisotopic (exact) mass is 433 g/mol. The molecule has 2 aromatic rings. The Morgan fingerprint density at radius 1 is 1.14 bits per heavy atom. The number of carbonyl (C=O) groups is 2. The van der Waals surface area contributed by atoms with Crippen molar-refractivity contribution in [3.8, 4) is 5.75 Å². The van der Waals surface area contributed by atoms with Crippen LogP contribution in [0.1, 0.15) is 10.4 Å². The van der Waals surface area contributed by atoms with Crippen molar-refractivity contribution in [3.05, 3.63) is 53.1 Å². The van der Waals surface area contributed by atoms with Gasteiger partial charge < -0.3 is 14.8 Å². The quantitative estimate of drug-likeness (QED) is 0.673. The number of halogens is 3. The molecule has 2 rings (SSSR count). The Hall–Kier alpha value is -2.72. The third-order valence-corrected chi connectivity index (χ3v) is 4.71. The normalized spacial score (nSPS) is 11.2. The number of hydrogen-bond donors (Lipinski definition) is 1. The van der Waals surface area contributed by atoms with Crippen molar-refractivity contribution in [2.75, 3.05) is 18.2 Å². The highest BCUT2D eigenvalue weighted by molar-refractivity contribution is 7.90. The Morgan fingerprint density at radius 3 is 2.32 bits per heavy atom. The van der Waals surface area contributed by atoms with E-state index in [0.717, 1.165) is 12.3 Å². The van der Waals surface area contributed by atoms with Gasteiger partial charge >= 0.3 is 12.6 Å². The zero-order chi connectivity index (χ0) is 20.9. The minimum absolute atomic E-state index is 0.0398. The van der Waals surface area contributed by atoms with Gasteiger partial charge in [-0.25, -0.2) is 13.2 Å². The van der Waals surface area contributed by atoms with E-state index in [9.17, 15) is 26.8 Å². The van der Waals surface area contributed by atoms with Gasteiger partial charge in [-0.3, -0.25) is 4.79 Å². The van der Waals surface area contributed by atoms with Gasteiger partial charge in [0.25, 0.3) is 5.91 Å². The molecule has 0 spiro atoms. The first-order valence-electron chi connectivity index (χ1n) is 7.57. The molecule has 7 nitrogen and oxygen atoms in total. The molecule has 0 unspecified atom stereocenters. The van der Waals surface area contributed by atoms with Crippen molar-refractivity contribution in [2.45, 2.75) is 11.5 Å². The highest BCUT2D eigenvalue weighted by Gasteiger charge is 2.14. The molecule has 11 heteroatoms. The van der Waals surface area contributed by atoms with Gasteiger partial charge in [-0.1, -0.05) is 11.6 Å². The summed E-state index contributed by atoms with van der Waals surface area (Å²) in [6.45, 7) is -3.66. The van der Waals surface area contributed by atoms with Crippen LogP contribution in [0.2, 0.25) is 5.02 Å². The number of hydrogen-bond acceptors (Lipinski definition) is 6. The maximum atomic E-state index is 12.2. The summed E-state index contributed by atoms with van der Waals surface area (Å²) in [4.78, 5) is 23.8. The van der Waals surface area contributed by atoms with Crippen LogP contribution in [0.15, 0.2) is 47.4 Å². The first-order chi connectivity index (χ1) is 13.1. The van der Waals surface area contributed by atoms with E-state index in [1.165, 1.54) is 36.4 Å². The highest BCUT2D eigenvalue weighted by Crippen LogP contribution is 2.28. The van der Waals surface area contributed by atoms with E-state index in [1.54, 1.807) is 0 Å². The maximum Gasteiger partial charge on any atom is 0.387 e. The number of anilines is 1. The first kappa shape index (κ1) is 21.6. The fourth-order valence-corrected chi connectivity index (χ4v) is 2.88. The predicted molar refractivity (Wildman–Crippen MR) is 96.5 cm³/mol. The van der Waals surface area contributed by atoms with Crippen molar-refractivity contribution < 1.29 is 36.3 Å². The highest BCUT2D eigenvalue weighted by atomic mass is 35.5. The lowest BCUT2D eigenvalue weighted by Gasteiger charge is -2.10. The van der Waals surface area contributed by atoms with Crippen LogP contribution in [0.25, 0.3) is 0 Å². The molecule has 0 aliphatic heterocycles. The molecule has 150 valence electrons. The van der Waals surface area contributed by atoms with E-state index in [-0.39, 0.29) is 26.9 Å². The lowest BCUT2D eigenvalue weighted by molar-refractivity contribution is -0.119. The molecule has 2 aromatic carbocycles. The molecule has 0 aromatic heterocycles. The zero-order valence-electron chi connectivity index (χ0n) is 14.3. The number of sulfone groups is 1. The summed E-state index contributed by atoms with van der Waals surface area (Å²) in [6.07, 6.45) is 1.03. The van der Waals surface area contributed by atoms with Crippen LogP contribution in [0.3, 0.4) is 0 Å². The smallest absolute Gasteiger partial charge is 0.387 e. The van der Waals surface area contributed by atoms with E-state index in [2.05, 4.69) is 10.1 Å². The Kier molecular flexibility index (Phi) is 6.92. The number of esters is 1. The van der Waals surface area contributed by atoms with Gasteiger partial charge in [0.1, 0.15) is 5.75 Å². The second-order valence-corrected chi connectivity index (χ2v) is 7.87. The Morgan fingerprint density at radius 2 is 1.79 bits per heavy atom. The number of benzene rings is 2. The molecule has 0 radical (unpaired) electrons. The van der Waals surface area contributed by atoms with Gasteiger partial charge in [0.15, 0.2) is 16.4 Å². The van der Waals surface area contributed by atoms with Gasteiger partial charge in [0, 0.05) is 11.9 Å². The van der Waals surface area contributed by atoms with Gasteiger partial charge in [-0.2, -0.15) is 8.78 Å². The fraction of sp³-hybridized carbons (Fsp3) is 0.176. The largest absolute Gasteiger partial charge is 0.452 e. The van der Waals surface area contributed by atoms with Crippen LogP contribution in [0.5, 0.6) is 5.75 Å². The average Bonchev–Trinajstić information content (AvgIpc) is 2.61. The molecule has 1 amide bonds. The number of ether oxygens (including phenoxy) is 2. The summed E-state index contributed by atoms with van der Waals surface area (Å²) in [7, 11) is -3.40. The molecular formula is C17H14ClF2NO6S. The van der Waals surface area contributed by atoms with Crippen molar-refractivity contribution in [1.29, 1.82) is 0 Å². The third-order valence-electron chi connectivity index (χ3n) is 3.28. The molecule has 28 heavy (non-hydrogen) atoms. The molecule has 0 saturated carbocycles. The van der Waals surface area contributed by atoms with E-state index in [4.69, 9.17) is 16.3 Å². The Bertz CT molecular complexity index is 980. The summed E-state index contributed by atoms with van der Waals surface area (Å²) < 4.78 is 56.1. The number of rotatable bonds is 7. The van der Waals surface area contributed by atoms with E-state index in [1.807, 2.05) is 0 Å². The van der Waals surface area contributed by atoms with Gasteiger partial charge in [-0.05, 0) is 42.5 Å². The summed E-state index contributed by atoms with van der Waals surface area (Å²) in [5.41, 5.74) is 0.252. The second kappa shape index (κ2) is 8.98. The Balaban J connectivity index is 1.91. The van der Waals surface area contributed by atoms with Crippen molar-refractivity contribution >= 4 is 39.0 Å². The van der Waals surface area contributed by atoms with Crippen molar-refractivity contribution in [3.63, 3.8) is 0 Å². The fourth-order valence-electron chi connectivity index (χ4n) is 2.02. The average molecular weight is 434 g/mol. The van der Waals surface area contributed by atoms with Gasteiger partial charge in [0.05, 0.1) is 15.5 Å². The van der Waals surface area contributed by atoms with Gasteiger partial charge in [-0.15, -0.1) is 0 Å². The third kappa shape index (κ3) is 6.17. The molecule has 0 aliphatic rings. The van der Waals surface area contributed by atoms with Crippen LogP contribution < -0.4 is 10.1 Å². The van der Waals surface area contributed by atoms with Crippen LogP contribution in [-0.4, -0.2) is 39.8 Å². The SMILES string of the molecule is CS(=O)(=O)c1ccc(C(=O)OCC(=O)Nc2ccc(OC(F)F)c(Cl)c2)cc1. The number of nitrogens with one attached hydrogen (secondary N) is 1. The Labute approximate surface area is 164 Å². The van der Waals surface area contributed by atoms with Crippen LogP contribution in [-0.2, 0) is 19.4 Å². The minimum atomic E-state index is -3.40. The molecule has 0 bridgehead atoms. The number of carbonyl (C=O) groups excluding carboxylic acids is 2. The van der Waals surface area contributed by atoms with Crippen molar-refractivity contribution in [2.24, 2.45) is 0 Å². The first-order valence-corrected chi connectivity index (χ1v) is 9.84. The summed E-state index contributed by atoms with van der Waals surface area (Å²) in [6, 6.07) is 8.65. The zero-order valence-corrected chi connectivity index (χ0v) is 15.9. The summed E-state index contributed by atoms with van der Waals surface area (Å²) >= 11 is 5.77. The molecule has 0 aliphatic carbocycles. The molecule has 1 N–H and O–H groups in total. The van der Waals surface area contributed by atoms with Crippen molar-refractivity contribution in [1.82, 2.24) is 0 Å². The topological polar surface area (TPSA) is 98.8 Å². The lowest BCUT2D eigenvalue weighted by atomic mass is 10.2. The van der Waals surface area contributed by atoms with Crippen LogP contribution >= 0.6 is 11.6 Å². The number of amides is 1. The molecule has 0 fully saturated rings. The molecule has 0 heterocycles. The van der Waals surface area contributed by atoms with Crippen LogP contribution in [0, 0.1) is 0 Å². The van der Waals surface area contributed by atoms with E-state index in [0.29, 0.717) is 0 Å². The van der Waals surface area contributed by atoms with Crippen LogP contribution in [0.4, 0.5) is 14.5 Å². The second-order valence-electron chi connectivity index (χ2n) is 5.44. The standard InChI is InChI=1S/C17H14ClF2NO6S/c1-28(24,25)12-5-2-10(3-6-12)16(23)26-9-15(22)21-11-4-7-14(13(18)8-11)27-17(19)20/h2-8,17H,9H2,1H3,(H,21,22). The van der Waals surface area contributed by atoms with Gasteiger partial charge in [0.2, 0.25) is 0 Å². The summed E-state index contributed by atoms with van der Waals surface area (Å²) in [5, 5.41) is 2.24. The number of alkyl halides is 2. The molecule has 0 saturated heterocycles. The van der Waals surface area contributed by atoms with E-state index < -0.39 is 34.9 Å². The van der Waals surface area contributed by atoms with E-state index >= 15 is 0 Å². The predicted octanol–water partition coefficient (Wildman–Crippen LogP) is 3.14. The summed E-state index contributed by atoms with van der Waals surface area (Å²) in [5.74, 6) is -1.77.